The molecular formula is C31H31NO4. The van der Waals surface area contributed by atoms with Gasteiger partial charge in [0.15, 0.2) is 6.10 Å². The number of H-pyrrole nitrogens is 1. The zero-order chi connectivity index (χ0) is 25.3. The highest BCUT2D eigenvalue weighted by atomic mass is 16.6. The van der Waals surface area contributed by atoms with Crippen LogP contribution in [-0.2, 0) is 22.4 Å². The summed E-state index contributed by atoms with van der Waals surface area (Å²) in [6, 6.07) is 30.4. The summed E-state index contributed by atoms with van der Waals surface area (Å²) in [4.78, 5) is 27.3. The van der Waals surface area contributed by atoms with Gasteiger partial charge in [0.05, 0.1) is 7.11 Å². The van der Waals surface area contributed by atoms with Crippen LogP contribution < -0.4 is 10.3 Å². The standard InChI is InChI=1S/C31H31NO4/c1-22(31(34)35-2)36-28-18-10-12-23(19-28)11-9-17-26-20-27(21-32-30(26)33)29(24-13-5-3-6-14-24)25-15-7-4-8-16-25/h3-8,10,12-16,18-22,29H,9,11,17H2,1-2H3,(H,32,33)/t22-/m1/s1. The molecule has 0 aliphatic heterocycles. The predicted octanol–water partition coefficient (Wildman–Crippen LogP) is 5.67. The molecule has 0 bridgehead atoms. The molecule has 36 heavy (non-hydrogen) atoms. The zero-order valence-electron chi connectivity index (χ0n) is 20.6. The minimum absolute atomic E-state index is 0.0358. The fraction of sp³-hybridized carbons (Fsp3) is 0.226. The number of benzene rings is 3. The Morgan fingerprint density at radius 3 is 2.14 bits per heavy atom. The number of hydrogen-bond donors (Lipinski definition) is 1. The Morgan fingerprint density at radius 1 is 0.833 bits per heavy atom. The van der Waals surface area contributed by atoms with E-state index in [0.29, 0.717) is 12.2 Å². The van der Waals surface area contributed by atoms with Gasteiger partial charge < -0.3 is 14.5 Å². The molecule has 184 valence electrons. The lowest BCUT2D eigenvalue weighted by Gasteiger charge is -2.19. The SMILES string of the molecule is COC(=O)[C@@H](C)Oc1cccc(CCCc2cc(C(c3ccccc3)c3ccccc3)c[nH]c2=O)c1. The highest BCUT2D eigenvalue weighted by molar-refractivity contribution is 5.74. The molecule has 0 saturated heterocycles. The van der Waals surface area contributed by atoms with Gasteiger partial charge in [-0.15, -0.1) is 0 Å². The second kappa shape index (κ2) is 12.0. The molecule has 5 heteroatoms. The summed E-state index contributed by atoms with van der Waals surface area (Å²) in [7, 11) is 1.34. The van der Waals surface area contributed by atoms with E-state index in [4.69, 9.17) is 9.47 Å². The molecule has 0 aliphatic rings. The van der Waals surface area contributed by atoms with E-state index in [-0.39, 0.29) is 11.5 Å². The van der Waals surface area contributed by atoms with Gasteiger partial charge in [0.1, 0.15) is 5.75 Å². The third-order valence-corrected chi connectivity index (χ3v) is 6.26. The summed E-state index contributed by atoms with van der Waals surface area (Å²) < 4.78 is 10.4. The van der Waals surface area contributed by atoms with Gasteiger partial charge in [0, 0.05) is 17.7 Å². The number of aromatic nitrogens is 1. The van der Waals surface area contributed by atoms with Crippen molar-refractivity contribution in [1.82, 2.24) is 4.98 Å². The number of carbonyl (C=O) groups is 1. The van der Waals surface area contributed by atoms with Gasteiger partial charge in [-0.25, -0.2) is 4.79 Å². The third kappa shape index (κ3) is 6.30. The number of aryl methyl sites for hydroxylation is 2. The van der Waals surface area contributed by atoms with Crippen molar-refractivity contribution in [2.75, 3.05) is 7.11 Å². The van der Waals surface area contributed by atoms with Gasteiger partial charge in [0.2, 0.25) is 0 Å². The fourth-order valence-electron chi connectivity index (χ4n) is 4.45. The van der Waals surface area contributed by atoms with E-state index < -0.39 is 12.1 Å². The molecule has 0 saturated carbocycles. The zero-order valence-corrected chi connectivity index (χ0v) is 20.6. The molecule has 1 heterocycles. The molecule has 1 N–H and O–H groups in total. The Bertz CT molecular complexity index is 1290. The monoisotopic (exact) mass is 481 g/mol. The Morgan fingerprint density at radius 2 is 1.50 bits per heavy atom. The van der Waals surface area contributed by atoms with E-state index >= 15 is 0 Å². The first-order valence-electron chi connectivity index (χ1n) is 12.2. The van der Waals surface area contributed by atoms with Gasteiger partial charge in [0.25, 0.3) is 5.56 Å². The van der Waals surface area contributed by atoms with E-state index in [2.05, 4.69) is 29.2 Å². The number of pyridine rings is 1. The molecule has 1 atom stereocenters. The first-order valence-corrected chi connectivity index (χ1v) is 12.2. The summed E-state index contributed by atoms with van der Waals surface area (Å²) in [5, 5.41) is 0. The Labute approximate surface area is 211 Å². The van der Waals surface area contributed by atoms with Crippen LogP contribution in [0.25, 0.3) is 0 Å². The first-order chi connectivity index (χ1) is 17.5. The van der Waals surface area contributed by atoms with Crippen molar-refractivity contribution in [3.05, 3.63) is 135 Å². The average Bonchev–Trinajstić information content (AvgIpc) is 2.91. The van der Waals surface area contributed by atoms with Crippen molar-refractivity contribution in [3.8, 4) is 5.75 Å². The van der Waals surface area contributed by atoms with Crippen LogP contribution in [0, 0.1) is 0 Å². The smallest absolute Gasteiger partial charge is 0.346 e. The number of carbonyl (C=O) groups excluding carboxylic acids is 1. The van der Waals surface area contributed by atoms with Gasteiger partial charge >= 0.3 is 5.97 Å². The highest BCUT2D eigenvalue weighted by Crippen LogP contribution is 2.31. The number of nitrogens with one attached hydrogen (secondary N) is 1. The lowest BCUT2D eigenvalue weighted by molar-refractivity contribution is -0.147. The van der Waals surface area contributed by atoms with Crippen molar-refractivity contribution in [2.45, 2.75) is 38.2 Å². The quantitative estimate of drug-likeness (QED) is 0.296. The Kier molecular flexibility index (Phi) is 8.35. The number of methoxy groups -OCH3 is 1. The van der Waals surface area contributed by atoms with Crippen molar-refractivity contribution in [3.63, 3.8) is 0 Å². The number of hydrogen-bond acceptors (Lipinski definition) is 4. The van der Waals surface area contributed by atoms with Gasteiger partial charge in [-0.05, 0) is 66.6 Å². The van der Waals surface area contributed by atoms with Crippen LogP contribution in [0.1, 0.15) is 47.1 Å². The lowest BCUT2D eigenvalue weighted by atomic mass is 9.85. The molecule has 0 radical (unpaired) electrons. The summed E-state index contributed by atoms with van der Waals surface area (Å²) in [5.41, 5.74) is 5.23. The van der Waals surface area contributed by atoms with Gasteiger partial charge in [-0.2, -0.15) is 0 Å². The van der Waals surface area contributed by atoms with E-state index in [0.717, 1.165) is 29.5 Å². The van der Waals surface area contributed by atoms with Gasteiger partial charge in [-0.1, -0.05) is 72.8 Å². The van der Waals surface area contributed by atoms with Crippen molar-refractivity contribution in [2.24, 2.45) is 0 Å². The first kappa shape index (κ1) is 25.0. The van der Waals surface area contributed by atoms with E-state index in [9.17, 15) is 9.59 Å². The number of ether oxygens (including phenoxy) is 2. The largest absolute Gasteiger partial charge is 0.479 e. The summed E-state index contributed by atoms with van der Waals surface area (Å²) >= 11 is 0. The van der Waals surface area contributed by atoms with Crippen LogP contribution in [0.2, 0.25) is 0 Å². The minimum Gasteiger partial charge on any atom is -0.479 e. The highest BCUT2D eigenvalue weighted by Gasteiger charge is 2.18. The third-order valence-electron chi connectivity index (χ3n) is 6.26. The fourth-order valence-corrected chi connectivity index (χ4v) is 4.45. The molecular weight excluding hydrogens is 450 g/mol. The molecule has 0 aliphatic carbocycles. The lowest BCUT2D eigenvalue weighted by Crippen LogP contribution is -2.24. The molecule has 1 aromatic heterocycles. The van der Waals surface area contributed by atoms with Crippen molar-refractivity contribution < 1.29 is 14.3 Å². The van der Waals surface area contributed by atoms with Crippen LogP contribution in [0.15, 0.2) is 102 Å². The molecule has 3 aromatic carbocycles. The van der Waals surface area contributed by atoms with Crippen molar-refractivity contribution >= 4 is 5.97 Å². The van der Waals surface area contributed by atoms with Crippen LogP contribution >= 0.6 is 0 Å². The molecule has 4 aromatic rings. The molecule has 0 amide bonds. The number of aromatic amines is 1. The van der Waals surface area contributed by atoms with Gasteiger partial charge in [-0.3, -0.25) is 4.79 Å². The predicted molar refractivity (Wildman–Crippen MR) is 141 cm³/mol. The maximum Gasteiger partial charge on any atom is 0.346 e. The van der Waals surface area contributed by atoms with Crippen LogP contribution in [-0.4, -0.2) is 24.2 Å². The minimum atomic E-state index is -0.672. The maximum absolute atomic E-state index is 12.7. The normalized spacial score (nSPS) is 11.8. The number of esters is 1. The summed E-state index contributed by atoms with van der Waals surface area (Å²) in [5.74, 6) is 0.247. The maximum atomic E-state index is 12.7. The summed E-state index contributed by atoms with van der Waals surface area (Å²) in [6.07, 6.45) is 3.41. The number of rotatable bonds is 10. The molecule has 0 unspecified atom stereocenters. The van der Waals surface area contributed by atoms with E-state index in [1.807, 2.05) is 72.9 Å². The molecule has 0 spiro atoms. The van der Waals surface area contributed by atoms with Crippen molar-refractivity contribution in [1.29, 1.82) is 0 Å². The van der Waals surface area contributed by atoms with E-state index in [1.165, 1.54) is 18.2 Å². The molecule has 4 rings (SSSR count). The van der Waals surface area contributed by atoms with Crippen LogP contribution in [0.5, 0.6) is 5.75 Å². The topological polar surface area (TPSA) is 68.4 Å². The summed E-state index contributed by atoms with van der Waals surface area (Å²) in [6.45, 7) is 1.66. The Balaban J connectivity index is 1.49. The van der Waals surface area contributed by atoms with Crippen LogP contribution in [0.3, 0.4) is 0 Å². The van der Waals surface area contributed by atoms with E-state index in [1.54, 1.807) is 6.92 Å². The molecule has 5 nitrogen and oxygen atoms in total. The second-order valence-corrected chi connectivity index (χ2v) is 8.83. The Hall–Kier alpha value is -4.12. The second-order valence-electron chi connectivity index (χ2n) is 8.83. The average molecular weight is 482 g/mol. The van der Waals surface area contributed by atoms with Crippen LogP contribution in [0.4, 0.5) is 0 Å². The molecule has 0 fully saturated rings.